The summed E-state index contributed by atoms with van der Waals surface area (Å²) in [5.74, 6) is -0.974. The van der Waals surface area contributed by atoms with E-state index in [4.69, 9.17) is 9.47 Å². The second-order valence-corrected chi connectivity index (χ2v) is 12.6. The van der Waals surface area contributed by atoms with Crippen LogP contribution in [0.2, 0.25) is 0 Å². The molecule has 224 valence electrons. The Morgan fingerprint density at radius 3 is 2.24 bits per heavy atom. The van der Waals surface area contributed by atoms with Crippen LogP contribution in [0.15, 0.2) is 29.8 Å². The second-order valence-electron chi connectivity index (χ2n) is 12.6. The smallest absolute Gasteiger partial charge is 0.201 e. The van der Waals surface area contributed by atoms with Crippen molar-refractivity contribution >= 4 is 0 Å². The van der Waals surface area contributed by atoms with E-state index in [-0.39, 0.29) is 11.5 Å². The van der Waals surface area contributed by atoms with Gasteiger partial charge in [-0.1, -0.05) is 64.2 Å². The second kappa shape index (κ2) is 14.3. The zero-order valence-electron chi connectivity index (χ0n) is 25.0. The first-order valence-corrected chi connectivity index (χ1v) is 16.3. The monoisotopic (exact) mass is 568 g/mol. The predicted octanol–water partition coefficient (Wildman–Crippen LogP) is 10.6. The van der Waals surface area contributed by atoms with Gasteiger partial charge in [-0.25, -0.2) is 8.78 Å². The molecule has 1 unspecified atom stereocenters. The summed E-state index contributed by atoms with van der Waals surface area (Å²) in [6.45, 7) is 5.13. The van der Waals surface area contributed by atoms with Crippen LogP contribution in [-0.2, 0) is 24.0 Å². The molecule has 3 aliphatic rings. The van der Waals surface area contributed by atoms with Crippen molar-refractivity contribution in [1.82, 2.24) is 0 Å². The van der Waals surface area contributed by atoms with E-state index in [2.05, 4.69) is 19.9 Å². The van der Waals surface area contributed by atoms with Gasteiger partial charge in [0.25, 0.3) is 0 Å². The number of fused-ring (bicyclic) bond motifs is 2. The van der Waals surface area contributed by atoms with E-state index in [0.29, 0.717) is 53.5 Å². The first kappa shape index (κ1) is 30.2. The molecule has 41 heavy (non-hydrogen) atoms. The Balaban J connectivity index is 1.11. The van der Waals surface area contributed by atoms with Crippen molar-refractivity contribution in [3.63, 3.8) is 0 Å². The summed E-state index contributed by atoms with van der Waals surface area (Å²) >= 11 is 0. The van der Waals surface area contributed by atoms with E-state index >= 15 is 13.2 Å². The number of ether oxygens (including phenoxy) is 2. The van der Waals surface area contributed by atoms with Gasteiger partial charge in [0.05, 0.1) is 12.7 Å². The fraction of sp³-hybridized carbons (Fsp3) is 0.611. The summed E-state index contributed by atoms with van der Waals surface area (Å²) in [6, 6.07) is 5.43. The normalized spacial score (nSPS) is 22.1. The molecule has 2 aromatic carbocycles. The average Bonchev–Trinajstić information content (AvgIpc) is 2.99. The van der Waals surface area contributed by atoms with Crippen LogP contribution in [0.4, 0.5) is 13.2 Å². The number of unbranched alkanes of at least 4 members (excludes halogenated alkanes) is 3. The van der Waals surface area contributed by atoms with Gasteiger partial charge in [0.1, 0.15) is 0 Å². The minimum Gasteiger partial charge on any atom is -0.450 e. The number of hydrogen-bond acceptors (Lipinski definition) is 2. The first-order valence-electron chi connectivity index (χ1n) is 16.3. The van der Waals surface area contributed by atoms with E-state index in [9.17, 15) is 0 Å². The van der Waals surface area contributed by atoms with E-state index in [1.54, 1.807) is 6.07 Å². The van der Waals surface area contributed by atoms with Crippen LogP contribution in [-0.4, -0.2) is 12.7 Å². The van der Waals surface area contributed by atoms with Crippen LogP contribution in [0.25, 0.3) is 0 Å². The van der Waals surface area contributed by atoms with Crippen LogP contribution < -0.4 is 4.74 Å². The zero-order valence-corrected chi connectivity index (χ0v) is 25.0. The van der Waals surface area contributed by atoms with Crippen molar-refractivity contribution in [2.75, 3.05) is 6.61 Å². The third-order valence-corrected chi connectivity index (χ3v) is 9.63. The molecule has 2 heterocycles. The van der Waals surface area contributed by atoms with Crippen LogP contribution in [0.1, 0.15) is 120 Å². The highest BCUT2D eigenvalue weighted by molar-refractivity contribution is 5.53. The molecule has 2 aromatic rings. The van der Waals surface area contributed by atoms with Crippen molar-refractivity contribution < 1.29 is 22.6 Å². The van der Waals surface area contributed by atoms with Crippen LogP contribution in [0.5, 0.6) is 11.5 Å². The summed E-state index contributed by atoms with van der Waals surface area (Å²) in [6.07, 6.45) is 18.7. The molecule has 1 atom stereocenters. The Morgan fingerprint density at radius 1 is 0.756 bits per heavy atom. The molecule has 1 saturated carbocycles. The van der Waals surface area contributed by atoms with Crippen molar-refractivity contribution in [3.05, 3.63) is 69.6 Å². The lowest BCUT2D eigenvalue weighted by molar-refractivity contribution is 0.0480. The zero-order chi connectivity index (χ0) is 28.8. The standard InChI is InChI=1S/C36H47F3O2/c1-3-5-6-11-26-17-18-28-22-30-21-27(32(37)34(39)36(30)41-35(28)33(26)38)12-8-7-10-24-13-15-25(16-14-24)29-19-20-31(9-4-2)40-23-29/h17-19,21,24-25,31H,3-16,20,22-23H2,1-2H3. The highest BCUT2D eigenvalue weighted by Gasteiger charge is 2.29. The molecular formula is C36H47F3O2. The largest absolute Gasteiger partial charge is 0.450 e. The Bertz CT molecular complexity index is 1210. The first-order chi connectivity index (χ1) is 20.0. The summed E-state index contributed by atoms with van der Waals surface area (Å²) in [5.41, 5.74) is 3.79. The molecule has 2 aliphatic heterocycles. The van der Waals surface area contributed by atoms with Gasteiger partial charge < -0.3 is 9.47 Å². The summed E-state index contributed by atoms with van der Waals surface area (Å²) in [5, 5.41) is 0. The molecule has 5 rings (SSSR count). The van der Waals surface area contributed by atoms with Crippen molar-refractivity contribution in [1.29, 1.82) is 0 Å². The highest BCUT2D eigenvalue weighted by Crippen LogP contribution is 2.43. The van der Waals surface area contributed by atoms with Crippen LogP contribution in [0.3, 0.4) is 0 Å². The topological polar surface area (TPSA) is 18.5 Å². The lowest BCUT2D eigenvalue weighted by Gasteiger charge is -2.33. The highest BCUT2D eigenvalue weighted by atomic mass is 19.2. The minimum absolute atomic E-state index is 0.0558. The molecule has 1 fully saturated rings. The molecule has 0 radical (unpaired) electrons. The molecule has 1 aliphatic carbocycles. The number of benzene rings is 2. The van der Waals surface area contributed by atoms with E-state index < -0.39 is 17.5 Å². The molecule has 5 heteroatoms. The summed E-state index contributed by atoms with van der Waals surface area (Å²) in [7, 11) is 0. The number of aryl methyl sites for hydroxylation is 2. The van der Waals surface area contributed by atoms with Crippen LogP contribution in [0, 0.1) is 29.3 Å². The molecule has 0 N–H and O–H groups in total. The Hall–Kier alpha value is -2.27. The van der Waals surface area contributed by atoms with Gasteiger partial charge in [-0.05, 0) is 98.8 Å². The van der Waals surface area contributed by atoms with Crippen molar-refractivity contribution in [2.24, 2.45) is 11.8 Å². The van der Waals surface area contributed by atoms with Gasteiger partial charge in [-0.3, -0.25) is 0 Å². The van der Waals surface area contributed by atoms with Gasteiger partial charge >= 0.3 is 0 Å². The van der Waals surface area contributed by atoms with Gasteiger partial charge in [-0.15, -0.1) is 0 Å². The summed E-state index contributed by atoms with van der Waals surface area (Å²) < 4.78 is 57.1. The third kappa shape index (κ3) is 7.21. The van der Waals surface area contributed by atoms with Gasteiger partial charge in [0.2, 0.25) is 5.82 Å². The minimum atomic E-state index is -0.987. The number of rotatable bonds is 12. The molecule has 0 aromatic heterocycles. The van der Waals surface area contributed by atoms with Crippen molar-refractivity contribution in [3.8, 4) is 11.5 Å². The SMILES string of the molecule is CCCCCc1ccc2c(c1F)Oc1c(cc(CCCCC3CCC(C4=CCC(CCC)OC4)CC3)c(F)c1F)C2. The maximum Gasteiger partial charge on any atom is 0.201 e. The molecule has 2 nitrogen and oxygen atoms in total. The molecule has 0 spiro atoms. The predicted molar refractivity (Wildman–Crippen MR) is 159 cm³/mol. The lowest BCUT2D eigenvalue weighted by Crippen LogP contribution is -2.24. The maximum atomic E-state index is 15.2. The van der Waals surface area contributed by atoms with E-state index in [0.717, 1.165) is 63.9 Å². The Kier molecular flexibility index (Phi) is 10.5. The summed E-state index contributed by atoms with van der Waals surface area (Å²) in [4.78, 5) is 0. The average molecular weight is 569 g/mol. The van der Waals surface area contributed by atoms with E-state index in [1.165, 1.54) is 37.7 Å². The van der Waals surface area contributed by atoms with Gasteiger partial charge in [0.15, 0.2) is 23.1 Å². The molecular weight excluding hydrogens is 521 g/mol. The fourth-order valence-corrected chi connectivity index (χ4v) is 7.10. The van der Waals surface area contributed by atoms with Gasteiger partial charge in [-0.2, -0.15) is 4.39 Å². The maximum absolute atomic E-state index is 15.2. The quantitative estimate of drug-likeness (QED) is 0.160. The van der Waals surface area contributed by atoms with Gasteiger partial charge in [0, 0.05) is 17.5 Å². The molecule has 0 amide bonds. The fourth-order valence-electron chi connectivity index (χ4n) is 7.10. The Morgan fingerprint density at radius 2 is 1.51 bits per heavy atom. The van der Waals surface area contributed by atoms with Crippen molar-refractivity contribution in [2.45, 2.75) is 123 Å². The van der Waals surface area contributed by atoms with E-state index in [1.807, 2.05) is 12.1 Å². The number of halogens is 3. The third-order valence-electron chi connectivity index (χ3n) is 9.63. The lowest BCUT2D eigenvalue weighted by atomic mass is 9.76. The van der Waals surface area contributed by atoms with Crippen LogP contribution >= 0.6 is 0 Å². The Labute approximate surface area is 244 Å². The molecule has 0 bridgehead atoms. The number of hydrogen-bond donors (Lipinski definition) is 0. The molecule has 0 saturated heterocycles.